The summed E-state index contributed by atoms with van der Waals surface area (Å²) >= 11 is 0. The Kier molecular flexibility index (Phi) is 7.76. The Hall–Kier alpha value is -3.14. The first-order valence-corrected chi connectivity index (χ1v) is 10.8. The van der Waals surface area contributed by atoms with Crippen molar-refractivity contribution in [3.05, 3.63) is 35.9 Å². The maximum atomic E-state index is 12.4. The highest BCUT2D eigenvalue weighted by molar-refractivity contribution is 7.92. The third-order valence-corrected chi connectivity index (χ3v) is 4.78. The molecule has 9 nitrogen and oxygen atoms in total. The van der Waals surface area contributed by atoms with Crippen LogP contribution in [0, 0.1) is 0 Å². The number of benzene rings is 2. The number of carbonyl (C=O) groups excluding carboxylic acids is 1. The molecule has 0 aliphatic carbocycles. The van der Waals surface area contributed by atoms with E-state index in [-0.39, 0.29) is 18.0 Å². The van der Waals surface area contributed by atoms with Crippen molar-refractivity contribution in [1.82, 2.24) is 0 Å². The van der Waals surface area contributed by atoms with Crippen LogP contribution in [0.1, 0.15) is 12.0 Å². The number of sulfonamides is 1. The molecule has 0 spiro atoms. The first-order valence-electron chi connectivity index (χ1n) is 8.96. The van der Waals surface area contributed by atoms with Crippen LogP contribution in [0.5, 0.6) is 23.0 Å². The van der Waals surface area contributed by atoms with E-state index in [9.17, 15) is 13.2 Å². The Morgan fingerprint density at radius 3 is 2.13 bits per heavy atom. The lowest BCUT2D eigenvalue weighted by molar-refractivity contribution is -0.116. The summed E-state index contributed by atoms with van der Waals surface area (Å²) in [7, 11) is 2.55. The fraction of sp³-hybridized carbons (Fsp3) is 0.350. The number of rotatable bonds is 10. The first kappa shape index (κ1) is 23.1. The van der Waals surface area contributed by atoms with E-state index < -0.39 is 10.0 Å². The van der Waals surface area contributed by atoms with Crippen LogP contribution >= 0.6 is 0 Å². The number of nitrogens with one attached hydrogen (secondary N) is 2. The third-order valence-electron chi connectivity index (χ3n) is 4.19. The number of aryl methyl sites for hydroxylation is 1. The van der Waals surface area contributed by atoms with Crippen molar-refractivity contribution in [2.45, 2.75) is 12.8 Å². The van der Waals surface area contributed by atoms with Gasteiger partial charge in [-0.25, -0.2) is 8.42 Å². The predicted octanol–water partition coefficient (Wildman–Crippen LogP) is 2.66. The molecule has 0 unspecified atom stereocenters. The van der Waals surface area contributed by atoms with Gasteiger partial charge in [-0.2, -0.15) is 0 Å². The minimum Gasteiger partial charge on any atom is -0.494 e. The number of methoxy groups -OCH3 is 4. The summed E-state index contributed by atoms with van der Waals surface area (Å²) in [5.74, 6) is 1.59. The summed E-state index contributed by atoms with van der Waals surface area (Å²) in [5.41, 5.74) is 1.57. The van der Waals surface area contributed by atoms with Crippen LogP contribution in [0.4, 0.5) is 11.4 Å². The molecule has 0 bridgehead atoms. The van der Waals surface area contributed by atoms with Crippen molar-refractivity contribution in [3.8, 4) is 23.0 Å². The van der Waals surface area contributed by atoms with Crippen molar-refractivity contribution in [2.24, 2.45) is 0 Å². The van der Waals surface area contributed by atoms with Crippen molar-refractivity contribution in [1.29, 1.82) is 0 Å². The zero-order valence-corrected chi connectivity index (χ0v) is 18.4. The second-order valence-electron chi connectivity index (χ2n) is 6.33. The molecule has 0 saturated heterocycles. The number of hydrogen-bond acceptors (Lipinski definition) is 7. The standard InChI is InChI=1S/C20H26N2O7S/c1-26-16-10-6-13(19(28-3)20(16)29-4)7-11-18(23)21-14-8-9-15(17(12-14)27-2)22-30(5,24)25/h6,8-10,12,22H,7,11H2,1-5H3,(H,21,23). The van der Waals surface area contributed by atoms with E-state index in [0.717, 1.165) is 11.8 Å². The molecule has 164 valence electrons. The van der Waals surface area contributed by atoms with Crippen LogP contribution in [-0.4, -0.2) is 49.0 Å². The van der Waals surface area contributed by atoms with Gasteiger partial charge in [0.05, 0.1) is 40.4 Å². The van der Waals surface area contributed by atoms with Crippen molar-refractivity contribution in [2.75, 3.05) is 44.7 Å². The van der Waals surface area contributed by atoms with Crippen LogP contribution < -0.4 is 29.0 Å². The first-order chi connectivity index (χ1) is 14.2. The highest BCUT2D eigenvalue weighted by atomic mass is 32.2. The van der Waals surface area contributed by atoms with E-state index in [0.29, 0.717) is 35.1 Å². The molecule has 0 atom stereocenters. The lowest BCUT2D eigenvalue weighted by Gasteiger charge is -2.16. The van der Waals surface area contributed by atoms with Gasteiger partial charge < -0.3 is 24.3 Å². The summed E-state index contributed by atoms with van der Waals surface area (Å²) in [4.78, 5) is 12.4. The Labute approximate surface area is 176 Å². The third kappa shape index (κ3) is 5.93. The minimum atomic E-state index is -3.45. The number of anilines is 2. The molecule has 0 fully saturated rings. The lowest BCUT2D eigenvalue weighted by atomic mass is 10.1. The van der Waals surface area contributed by atoms with Crippen molar-refractivity contribution >= 4 is 27.3 Å². The molecular weight excluding hydrogens is 412 g/mol. The Balaban J connectivity index is 2.10. The molecule has 1 amide bonds. The maximum absolute atomic E-state index is 12.4. The van der Waals surface area contributed by atoms with Crippen LogP contribution in [-0.2, 0) is 21.2 Å². The van der Waals surface area contributed by atoms with Crippen LogP contribution in [0.25, 0.3) is 0 Å². The van der Waals surface area contributed by atoms with Gasteiger partial charge in [0.15, 0.2) is 11.5 Å². The highest BCUT2D eigenvalue weighted by Gasteiger charge is 2.17. The molecule has 0 aliphatic rings. The van der Waals surface area contributed by atoms with Crippen LogP contribution in [0.2, 0.25) is 0 Å². The van der Waals surface area contributed by atoms with Crippen molar-refractivity contribution < 1.29 is 32.2 Å². The van der Waals surface area contributed by atoms with E-state index in [2.05, 4.69) is 10.0 Å². The van der Waals surface area contributed by atoms with Gasteiger partial charge in [-0.1, -0.05) is 6.07 Å². The largest absolute Gasteiger partial charge is 0.494 e. The van der Waals surface area contributed by atoms with E-state index in [1.54, 1.807) is 18.2 Å². The molecule has 0 heterocycles. The Morgan fingerprint density at radius 1 is 0.900 bits per heavy atom. The van der Waals surface area contributed by atoms with Crippen LogP contribution in [0.15, 0.2) is 30.3 Å². The summed E-state index contributed by atoms with van der Waals surface area (Å²) in [6.45, 7) is 0. The minimum absolute atomic E-state index is 0.192. The second-order valence-corrected chi connectivity index (χ2v) is 8.08. The SMILES string of the molecule is COc1cc(NC(=O)CCc2ccc(OC)c(OC)c2OC)ccc1NS(C)(=O)=O. The molecule has 0 aromatic heterocycles. The van der Waals surface area contributed by atoms with Crippen molar-refractivity contribution in [3.63, 3.8) is 0 Å². The second kappa shape index (κ2) is 10.1. The van der Waals surface area contributed by atoms with E-state index in [4.69, 9.17) is 18.9 Å². The quantitative estimate of drug-likeness (QED) is 0.586. The summed E-state index contributed by atoms with van der Waals surface area (Å²) < 4.78 is 46.5. The average molecular weight is 439 g/mol. The van der Waals surface area contributed by atoms with Gasteiger partial charge >= 0.3 is 0 Å². The number of carbonyl (C=O) groups is 1. The zero-order valence-electron chi connectivity index (χ0n) is 17.6. The van der Waals surface area contributed by atoms with Crippen LogP contribution in [0.3, 0.4) is 0 Å². The molecule has 2 rings (SSSR count). The molecule has 30 heavy (non-hydrogen) atoms. The molecular formula is C20H26N2O7S. The van der Waals surface area contributed by atoms with Gasteiger partial charge in [-0.15, -0.1) is 0 Å². The molecule has 0 aliphatic heterocycles. The summed E-state index contributed by atoms with van der Waals surface area (Å²) in [6, 6.07) is 8.23. The highest BCUT2D eigenvalue weighted by Crippen LogP contribution is 2.40. The summed E-state index contributed by atoms with van der Waals surface area (Å²) in [5, 5.41) is 2.77. The number of hydrogen-bond donors (Lipinski definition) is 2. The van der Waals surface area contributed by atoms with Gasteiger partial charge in [0.1, 0.15) is 5.75 Å². The summed E-state index contributed by atoms with van der Waals surface area (Å²) in [6.07, 6.45) is 1.66. The van der Waals surface area contributed by atoms with E-state index >= 15 is 0 Å². The Morgan fingerprint density at radius 2 is 1.57 bits per heavy atom. The van der Waals surface area contributed by atoms with Gasteiger partial charge in [0.25, 0.3) is 0 Å². The molecule has 2 aromatic rings. The molecule has 0 radical (unpaired) electrons. The lowest BCUT2D eigenvalue weighted by Crippen LogP contribution is -2.14. The van der Waals surface area contributed by atoms with Gasteiger partial charge in [0.2, 0.25) is 21.7 Å². The molecule has 2 N–H and O–H groups in total. The topological polar surface area (TPSA) is 112 Å². The normalized spacial score (nSPS) is 10.8. The smallest absolute Gasteiger partial charge is 0.229 e. The van der Waals surface area contributed by atoms with Gasteiger partial charge in [0, 0.05) is 18.2 Å². The van der Waals surface area contributed by atoms with E-state index in [1.807, 2.05) is 6.07 Å². The Bertz CT molecular complexity index is 1010. The molecule has 10 heteroatoms. The van der Waals surface area contributed by atoms with Gasteiger partial charge in [-0.3, -0.25) is 9.52 Å². The average Bonchev–Trinajstić information content (AvgIpc) is 2.71. The fourth-order valence-electron chi connectivity index (χ4n) is 2.88. The fourth-order valence-corrected chi connectivity index (χ4v) is 3.45. The van der Waals surface area contributed by atoms with E-state index in [1.165, 1.54) is 34.5 Å². The number of amides is 1. The maximum Gasteiger partial charge on any atom is 0.229 e. The predicted molar refractivity (Wildman–Crippen MR) is 115 cm³/mol. The van der Waals surface area contributed by atoms with Gasteiger partial charge in [-0.05, 0) is 30.2 Å². The number of ether oxygens (including phenoxy) is 4. The zero-order chi connectivity index (χ0) is 22.3. The molecule has 0 saturated carbocycles. The molecule has 2 aromatic carbocycles. The monoisotopic (exact) mass is 438 g/mol.